The molecule has 87 heavy (non-hydrogen) atoms. The van der Waals surface area contributed by atoms with Crippen molar-refractivity contribution in [1.29, 1.82) is 0 Å². The van der Waals surface area contributed by atoms with Crippen molar-refractivity contribution in [2.75, 3.05) is 40.9 Å². The summed E-state index contributed by atoms with van der Waals surface area (Å²) in [4.78, 5) is 40.3. The first kappa shape index (κ1) is 84.7. The zero-order chi connectivity index (χ0) is 63.5. The van der Waals surface area contributed by atoms with Gasteiger partial charge in [-0.15, -0.1) is 0 Å². The van der Waals surface area contributed by atoms with Gasteiger partial charge in [-0.3, -0.25) is 14.2 Å². The summed E-state index contributed by atoms with van der Waals surface area (Å²) in [6, 6.07) is -0.891. The van der Waals surface area contributed by atoms with Gasteiger partial charge in [0.2, 0.25) is 5.91 Å². The number of nitrogens with zero attached hydrogens (tertiary/aromatic N) is 1. The van der Waals surface area contributed by atoms with Crippen molar-refractivity contribution in [3.8, 4) is 0 Å². The van der Waals surface area contributed by atoms with Crippen LogP contribution in [0.1, 0.15) is 367 Å². The molecule has 0 rings (SSSR count). The monoisotopic (exact) mass is 1240 g/mol. The van der Waals surface area contributed by atoms with Crippen molar-refractivity contribution >= 4 is 19.7 Å². The fraction of sp³-hybridized carbons (Fsp3) is 0.844. The van der Waals surface area contributed by atoms with Gasteiger partial charge in [-0.05, 0) is 96.0 Å². The molecule has 0 aliphatic carbocycles. The minimum Gasteiger partial charge on any atom is -0.756 e. The highest BCUT2D eigenvalue weighted by atomic mass is 31.2. The Bertz CT molecular complexity index is 1670. The number of unbranched alkanes of at least 4 members (excludes halogenated alkanes) is 45. The fourth-order valence-electron chi connectivity index (χ4n) is 11.1. The Hall–Kier alpha value is -2.29. The zero-order valence-corrected chi connectivity index (χ0v) is 59.4. The van der Waals surface area contributed by atoms with Gasteiger partial charge < -0.3 is 28.5 Å². The van der Waals surface area contributed by atoms with Gasteiger partial charge in [-0.25, -0.2) is 0 Å². The second-order valence-corrected chi connectivity index (χ2v) is 28.2. The molecule has 0 saturated carbocycles. The van der Waals surface area contributed by atoms with Gasteiger partial charge >= 0.3 is 5.97 Å². The van der Waals surface area contributed by atoms with E-state index in [0.717, 1.165) is 70.6 Å². The molecule has 10 heteroatoms. The number of quaternary nitrogens is 1. The molecule has 0 fully saturated rings. The first-order valence-corrected chi connectivity index (χ1v) is 39.1. The average molecular weight is 1240 g/mol. The van der Waals surface area contributed by atoms with Crippen molar-refractivity contribution in [3.63, 3.8) is 0 Å². The van der Waals surface area contributed by atoms with Gasteiger partial charge in [0.1, 0.15) is 19.3 Å². The lowest BCUT2D eigenvalue weighted by molar-refractivity contribution is -0.870. The van der Waals surface area contributed by atoms with E-state index in [0.29, 0.717) is 17.4 Å². The number of phosphoric ester groups is 1. The van der Waals surface area contributed by atoms with Gasteiger partial charge in [0, 0.05) is 12.8 Å². The smallest absolute Gasteiger partial charge is 0.306 e. The Balaban J connectivity index is 5.04. The van der Waals surface area contributed by atoms with E-state index in [1.54, 1.807) is 0 Å². The number of likely N-dealkylation sites (N-methyl/N-ethyl adjacent to an activating group) is 1. The van der Waals surface area contributed by atoms with E-state index in [9.17, 15) is 19.0 Å². The van der Waals surface area contributed by atoms with E-state index < -0.39 is 20.0 Å². The number of rotatable bonds is 69. The van der Waals surface area contributed by atoms with E-state index in [-0.39, 0.29) is 31.5 Å². The normalized spacial score (nSPS) is 13.8. The maximum Gasteiger partial charge on any atom is 0.306 e. The number of amides is 1. The third-order valence-electron chi connectivity index (χ3n) is 16.9. The van der Waals surface area contributed by atoms with E-state index >= 15 is 0 Å². The third-order valence-corrected chi connectivity index (χ3v) is 17.9. The summed E-state index contributed by atoms with van der Waals surface area (Å²) in [6.07, 6.45) is 86.3. The minimum atomic E-state index is -4.71. The molecule has 0 bridgehead atoms. The van der Waals surface area contributed by atoms with Gasteiger partial charge in [0.05, 0.1) is 33.8 Å². The van der Waals surface area contributed by atoms with Crippen LogP contribution >= 0.6 is 7.82 Å². The molecule has 1 amide bonds. The minimum absolute atomic E-state index is 0.0221. The number of hydrogen-bond acceptors (Lipinski definition) is 7. The Morgan fingerprint density at radius 3 is 1.08 bits per heavy atom. The standard InChI is InChI=1S/C77H145N2O7P/c1-7-10-13-16-19-22-25-28-30-32-34-36-38-39-41-42-44-46-48-51-54-57-60-63-66-69-76(80)78-74(73-85-87(82,83)84-72-71-79(4,5)6)75(68-65-62-59-56-53-50-27-24-21-18-15-12-9-3)86-77(81)70-67-64-61-58-55-52-49-47-45-43-40-37-35-33-31-29-26-23-20-17-14-11-8-2/h19,22,28-31,34,36,65,68,74-75H,7-18,20-21,23-27,32-33,35,37-64,66-67,69-73H2,1-6H3,(H-,78,80,82,83)/b22-19-,30-28-,31-29+,36-34-,68-65+. The summed E-state index contributed by atoms with van der Waals surface area (Å²) in [7, 11) is 1.20. The number of phosphoric acid groups is 1. The zero-order valence-electron chi connectivity index (χ0n) is 58.5. The van der Waals surface area contributed by atoms with Crippen LogP contribution in [0.3, 0.4) is 0 Å². The van der Waals surface area contributed by atoms with Crippen LogP contribution < -0.4 is 10.2 Å². The lowest BCUT2D eigenvalue weighted by Crippen LogP contribution is -2.47. The van der Waals surface area contributed by atoms with Crippen LogP contribution in [0.25, 0.3) is 0 Å². The topological polar surface area (TPSA) is 114 Å². The number of ether oxygens (including phenoxy) is 1. The van der Waals surface area contributed by atoms with Crippen molar-refractivity contribution in [1.82, 2.24) is 5.32 Å². The van der Waals surface area contributed by atoms with Crippen LogP contribution in [-0.4, -0.2) is 69.4 Å². The molecule has 9 nitrogen and oxygen atoms in total. The van der Waals surface area contributed by atoms with Crippen LogP contribution in [0.5, 0.6) is 0 Å². The lowest BCUT2D eigenvalue weighted by atomic mass is 10.0. The largest absolute Gasteiger partial charge is 0.756 e. The second kappa shape index (κ2) is 66.6. The number of allylic oxidation sites excluding steroid dienone is 9. The molecule has 3 unspecified atom stereocenters. The molecule has 510 valence electrons. The SMILES string of the molecule is CCCCC/C=C\C/C=C\C/C=C\CCCCCCCCCCCCCCC(=O)NC(COP(=O)([O-])OCC[N+](C)(C)C)C(/C=C/CCCCCCCCCCCCC)OC(=O)CCCCCCCCCCCCCCC/C=C/CCCCCCCC. The predicted octanol–water partition coefficient (Wildman–Crippen LogP) is 23.5. The maximum atomic E-state index is 13.6. The first-order valence-electron chi connectivity index (χ1n) is 37.6. The molecule has 0 saturated heterocycles. The highest BCUT2D eigenvalue weighted by Crippen LogP contribution is 2.38. The van der Waals surface area contributed by atoms with E-state index in [2.05, 4.69) is 74.7 Å². The lowest BCUT2D eigenvalue weighted by Gasteiger charge is -2.30. The van der Waals surface area contributed by atoms with E-state index in [4.69, 9.17) is 13.8 Å². The summed E-state index contributed by atoms with van der Waals surface area (Å²) in [5.74, 6) is -0.527. The Morgan fingerprint density at radius 1 is 0.402 bits per heavy atom. The van der Waals surface area contributed by atoms with Gasteiger partial charge in [-0.2, -0.15) is 0 Å². The summed E-state index contributed by atoms with van der Waals surface area (Å²) in [5.41, 5.74) is 0. The number of hydrogen-bond donors (Lipinski definition) is 1. The van der Waals surface area contributed by atoms with Crippen molar-refractivity contribution < 1.29 is 37.3 Å². The summed E-state index contributed by atoms with van der Waals surface area (Å²) >= 11 is 0. The molecule has 0 radical (unpaired) electrons. The van der Waals surface area contributed by atoms with Gasteiger partial charge in [0.15, 0.2) is 0 Å². The van der Waals surface area contributed by atoms with E-state index in [1.165, 1.54) is 263 Å². The van der Waals surface area contributed by atoms with Gasteiger partial charge in [-0.1, -0.05) is 319 Å². The van der Waals surface area contributed by atoms with Crippen LogP contribution in [0, 0.1) is 0 Å². The molecule has 0 heterocycles. The average Bonchev–Trinajstić information content (AvgIpc) is 3.70. The molecule has 1 N–H and O–H groups in total. The quantitative estimate of drug-likeness (QED) is 0.0212. The highest BCUT2D eigenvalue weighted by Gasteiger charge is 2.27. The second-order valence-electron chi connectivity index (χ2n) is 26.8. The van der Waals surface area contributed by atoms with Crippen LogP contribution in [0.2, 0.25) is 0 Å². The Morgan fingerprint density at radius 2 is 0.701 bits per heavy atom. The fourth-order valence-corrected chi connectivity index (χ4v) is 11.8. The number of nitrogens with one attached hydrogen (secondary N) is 1. The van der Waals surface area contributed by atoms with Crippen molar-refractivity contribution in [2.24, 2.45) is 0 Å². The molecule has 0 aliphatic rings. The van der Waals surface area contributed by atoms with Gasteiger partial charge in [0.25, 0.3) is 7.82 Å². The molecular weight excluding hydrogens is 1100 g/mol. The first-order chi connectivity index (χ1) is 42.4. The molecule has 0 aromatic heterocycles. The molecular formula is C77H145N2O7P. The molecule has 0 aromatic rings. The molecule has 0 aliphatic heterocycles. The third kappa shape index (κ3) is 67.9. The number of esters is 1. The maximum absolute atomic E-state index is 13.6. The molecule has 0 spiro atoms. The van der Waals surface area contributed by atoms with Crippen LogP contribution in [-0.2, 0) is 27.9 Å². The molecule has 3 atom stereocenters. The Kier molecular flexibility index (Phi) is 64.9. The van der Waals surface area contributed by atoms with Crippen molar-refractivity contribution in [3.05, 3.63) is 60.8 Å². The summed E-state index contributed by atoms with van der Waals surface area (Å²) in [6.45, 7) is 6.87. The summed E-state index contributed by atoms with van der Waals surface area (Å²) in [5, 5.41) is 3.05. The number of carbonyl (C=O) groups is 2. The van der Waals surface area contributed by atoms with Crippen LogP contribution in [0.4, 0.5) is 0 Å². The highest BCUT2D eigenvalue weighted by molar-refractivity contribution is 7.45. The van der Waals surface area contributed by atoms with E-state index in [1.807, 2.05) is 33.3 Å². The predicted molar refractivity (Wildman–Crippen MR) is 376 cm³/mol. The Labute approximate surface area is 541 Å². The number of carbonyl (C=O) groups excluding carboxylic acids is 2. The summed E-state index contributed by atoms with van der Waals surface area (Å²) < 4.78 is 30.5. The molecule has 0 aromatic carbocycles. The van der Waals surface area contributed by atoms with Crippen LogP contribution in [0.15, 0.2) is 60.8 Å². The van der Waals surface area contributed by atoms with Crippen molar-refractivity contribution in [2.45, 2.75) is 380 Å².